The Morgan fingerprint density at radius 2 is 1.81 bits per heavy atom. The average Bonchev–Trinajstić information content (AvgIpc) is 2.99. The molecule has 4 aromatic rings. The van der Waals surface area contributed by atoms with Crippen molar-refractivity contribution in [1.29, 1.82) is 0 Å². The molecule has 5 heteroatoms. The maximum absolute atomic E-state index is 12.5. The summed E-state index contributed by atoms with van der Waals surface area (Å²) in [5, 5.41) is 3.77. The van der Waals surface area contributed by atoms with Crippen molar-refractivity contribution < 1.29 is 8.83 Å². The van der Waals surface area contributed by atoms with E-state index in [1.807, 2.05) is 54.6 Å². The number of fused-ring (bicyclic) bond motifs is 1. The molecule has 26 heavy (non-hydrogen) atoms. The second-order valence-corrected chi connectivity index (χ2v) is 6.96. The molecule has 0 saturated carbocycles. The first-order chi connectivity index (χ1) is 12.6. The van der Waals surface area contributed by atoms with Gasteiger partial charge >= 0.3 is 5.63 Å². The Morgan fingerprint density at radius 3 is 2.58 bits per heavy atom. The fraction of sp³-hybridized carbons (Fsp3) is 0.0952. The second-order valence-electron chi connectivity index (χ2n) is 6.04. The summed E-state index contributed by atoms with van der Waals surface area (Å²) in [7, 11) is 0. The molecule has 0 spiro atoms. The smallest absolute Gasteiger partial charge is 0.347 e. The highest BCUT2D eigenvalue weighted by atomic mass is 79.9. The molecule has 2 heterocycles. The summed E-state index contributed by atoms with van der Waals surface area (Å²) in [5.41, 5.74) is 2.84. The van der Waals surface area contributed by atoms with Gasteiger partial charge in [-0.3, -0.25) is 0 Å². The van der Waals surface area contributed by atoms with Gasteiger partial charge < -0.3 is 14.2 Å². The Bertz CT molecular complexity index is 1130. The molecule has 0 saturated heterocycles. The highest BCUT2D eigenvalue weighted by Gasteiger charge is 2.20. The maximum atomic E-state index is 12.5. The number of nitrogens with one attached hydrogen (secondary N) is 1. The van der Waals surface area contributed by atoms with Crippen LogP contribution in [0.1, 0.15) is 11.3 Å². The summed E-state index contributed by atoms with van der Waals surface area (Å²) in [4.78, 5) is 12.5. The topological polar surface area (TPSA) is 55.4 Å². The van der Waals surface area contributed by atoms with Gasteiger partial charge in [-0.15, -0.1) is 0 Å². The van der Waals surface area contributed by atoms with Crippen molar-refractivity contribution in [2.45, 2.75) is 13.5 Å². The van der Waals surface area contributed by atoms with Crippen LogP contribution in [-0.2, 0) is 6.54 Å². The molecule has 4 nitrogen and oxygen atoms in total. The number of aryl methyl sites for hydroxylation is 1. The fourth-order valence-corrected chi connectivity index (χ4v) is 3.39. The molecule has 130 valence electrons. The summed E-state index contributed by atoms with van der Waals surface area (Å²) < 4.78 is 12.2. The third kappa shape index (κ3) is 3.18. The molecule has 0 bridgehead atoms. The van der Waals surface area contributed by atoms with Crippen LogP contribution in [0.5, 0.6) is 0 Å². The highest BCUT2D eigenvalue weighted by molar-refractivity contribution is 9.10. The van der Waals surface area contributed by atoms with Crippen LogP contribution in [0.2, 0.25) is 0 Å². The van der Waals surface area contributed by atoms with Crippen LogP contribution in [0.3, 0.4) is 0 Å². The Kier molecular flexibility index (Phi) is 4.39. The van der Waals surface area contributed by atoms with Gasteiger partial charge in [-0.05, 0) is 30.2 Å². The second kappa shape index (κ2) is 6.84. The molecule has 0 aliphatic rings. The lowest BCUT2D eigenvalue weighted by Crippen LogP contribution is -2.02. The number of hydrogen-bond acceptors (Lipinski definition) is 4. The van der Waals surface area contributed by atoms with E-state index in [9.17, 15) is 4.79 Å². The number of anilines is 1. The van der Waals surface area contributed by atoms with Crippen LogP contribution >= 0.6 is 15.9 Å². The van der Waals surface area contributed by atoms with Gasteiger partial charge in [0.15, 0.2) is 0 Å². The standard InChI is InChI=1S/C21H16BrNO3/c1-13-10-17-19(21(24)25-13)18(15-8-5-9-16(22)11-15)20(26-17)23-12-14-6-3-2-4-7-14/h2-11,23H,12H2,1H3. The summed E-state index contributed by atoms with van der Waals surface area (Å²) in [6, 6.07) is 19.5. The molecule has 2 aromatic carbocycles. The zero-order valence-corrected chi connectivity index (χ0v) is 15.7. The van der Waals surface area contributed by atoms with E-state index in [4.69, 9.17) is 8.83 Å². The predicted octanol–water partition coefficient (Wildman–Crippen LogP) is 5.74. The monoisotopic (exact) mass is 409 g/mol. The van der Waals surface area contributed by atoms with Crippen molar-refractivity contribution in [2.24, 2.45) is 0 Å². The zero-order chi connectivity index (χ0) is 18.1. The number of furan rings is 1. The van der Waals surface area contributed by atoms with Gasteiger partial charge in [-0.2, -0.15) is 0 Å². The minimum Gasteiger partial charge on any atom is -0.440 e. The van der Waals surface area contributed by atoms with Crippen molar-refractivity contribution in [3.8, 4) is 11.1 Å². The molecule has 1 N–H and O–H groups in total. The first-order valence-electron chi connectivity index (χ1n) is 8.23. The zero-order valence-electron chi connectivity index (χ0n) is 14.1. The van der Waals surface area contributed by atoms with Crippen LogP contribution in [-0.4, -0.2) is 0 Å². The summed E-state index contributed by atoms with van der Waals surface area (Å²) >= 11 is 3.49. The molecule has 0 aliphatic heterocycles. The van der Waals surface area contributed by atoms with Gasteiger partial charge in [-0.25, -0.2) is 4.79 Å². The molecule has 0 unspecified atom stereocenters. The van der Waals surface area contributed by atoms with E-state index in [2.05, 4.69) is 21.2 Å². The molecule has 2 aromatic heterocycles. The number of rotatable bonds is 4. The fourth-order valence-electron chi connectivity index (χ4n) is 2.99. The van der Waals surface area contributed by atoms with Crippen molar-refractivity contribution in [3.63, 3.8) is 0 Å². The van der Waals surface area contributed by atoms with Crippen molar-refractivity contribution in [2.75, 3.05) is 5.32 Å². The quantitative estimate of drug-likeness (QED) is 0.467. The Hall–Kier alpha value is -2.79. The normalized spacial score (nSPS) is 11.0. The minimum atomic E-state index is -0.397. The van der Waals surface area contributed by atoms with Crippen LogP contribution in [0.4, 0.5) is 5.88 Å². The van der Waals surface area contributed by atoms with Gasteiger partial charge in [0, 0.05) is 17.1 Å². The Balaban J connectivity index is 1.87. The van der Waals surface area contributed by atoms with E-state index in [1.165, 1.54) is 0 Å². The first-order valence-corrected chi connectivity index (χ1v) is 9.02. The molecule has 0 fully saturated rings. The van der Waals surface area contributed by atoms with E-state index < -0.39 is 5.63 Å². The molecule has 0 amide bonds. The maximum Gasteiger partial charge on any atom is 0.347 e. The van der Waals surface area contributed by atoms with Gasteiger partial charge in [0.05, 0.1) is 5.56 Å². The summed E-state index contributed by atoms with van der Waals surface area (Å²) in [6.07, 6.45) is 0. The van der Waals surface area contributed by atoms with Gasteiger partial charge in [0.2, 0.25) is 5.88 Å². The third-order valence-electron chi connectivity index (χ3n) is 4.14. The van der Waals surface area contributed by atoms with Crippen molar-refractivity contribution >= 4 is 32.8 Å². The van der Waals surface area contributed by atoms with E-state index in [1.54, 1.807) is 13.0 Å². The lowest BCUT2D eigenvalue weighted by Gasteiger charge is -2.07. The van der Waals surface area contributed by atoms with E-state index >= 15 is 0 Å². The third-order valence-corrected chi connectivity index (χ3v) is 4.63. The Morgan fingerprint density at radius 1 is 1.00 bits per heavy atom. The lowest BCUT2D eigenvalue weighted by atomic mass is 10.0. The number of benzene rings is 2. The molecule has 0 aliphatic carbocycles. The minimum absolute atomic E-state index is 0.397. The molecule has 0 atom stereocenters. The van der Waals surface area contributed by atoms with Crippen LogP contribution < -0.4 is 10.9 Å². The predicted molar refractivity (Wildman–Crippen MR) is 106 cm³/mol. The SMILES string of the molecule is Cc1cc2oc(NCc3ccccc3)c(-c3cccc(Br)c3)c2c(=O)o1. The van der Waals surface area contributed by atoms with Gasteiger partial charge in [0.25, 0.3) is 0 Å². The van der Waals surface area contributed by atoms with Gasteiger partial charge in [0.1, 0.15) is 16.7 Å². The van der Waals surface area contributed by atoms with Crippen LogP contribution in [0, 0.1) is 6.92 Å². The van der Waals surface area contributed by atoms with Crippen LogP contribution in [0.15, 0.2) is 78.8 Å². The molecule has 0 radical (unpaired) electrons. The molecule has 4 rings (SSSR count). The van der Waals surface area contributed by atoms with E-state index in [0.29, 0.717) is 34.7 Å². The number of halogens is 1. The number of hydrogen-bond donors (Lipinski definition) is 1. The Labute approximate surface area is 158 Å². The van der Waals surface area contributed by atoms with Gasteiger partial charge in [-0.1, -0.05) is 58.4 Å². The van der Waals surface area contributed by atoms with Crippen molar-refractivity contribution in [3.05, 3.63) is 86.9 Å². The lowest BCUT2D eigenvalue weighted by molar-refractivity contribution is 0.485. The summed E-state index contributed by atoms with van der Waals surface area (Å²) in [5.74, 6) is 1.08. The first kappa shape index (κ1) is 16.7. The molecular weight excluding hydrogens is 394 g/mol. The van der Waals surface area contributed by atoms with Crippen LogP contribution in [0.25, 0.3) is 22.1 Å². The van der Waals surface area contributed by atoms with E-state index in [0.717, 1.165) is 15.6 Å². The molecular formula is C21H16BrNO3. The van der Waals surface area contributed by atoms with E-state index in [-0.39, 0.29) is 0 Å². The largest absolute Gasteiger partial charge is 0.440 e. The van der Waals surface area contributed by atoms with Crippen molar-refractivity contribution in [1.82, 2.24) is 0 Å². The average molecular weight is 410 g/mol. The highest BCUT2D eigenvalue weighted by Crippen LogP contribution is 2.38. The summed E-state index contributed by atoms with van der Waals surface area (Å²) in [6.45, 7) is 2.32.